The minimum absolute atomic E-state index is 0.0494. The predicted octanol–water partition coefficient (Wildman–Crippen LogP) is 2.10. The third-order valence-corrected chi connectivity index (χ3v) is 3.94. The SMILES string of the molecule is CC1=NO[C@]23Cc4ccccc4C2C13. The molecule has 0 amide bonds. The van der Waals surface area contributed by atoms with E-state index in [0.717, 1.165) is 6.42 Å². The molecule has 0 aromatic heterocycles. The largest absolute Gasteiger partial charge is 0.388 e. The molecule has 1 saturated carbocycles. The standard InChI is InChI=1S/C12H11NO/c1-7-10-11-9-5-3-2-4-8(9)6-12(10,11)14-13-7/h2-5,10-11H,6H2,1H3/t10?,11?,12-/m0/s1. The number of fused-ring (bicyclic) bond motifs is 3. The topological polar surface area (TPSA) is 21.6 Å². The maximum atomic E-state index is 5.62. The van der Waals surface area contributed by atoms with Gasteiger partial charge in [0, 0.05) is 12.3 Å². The predicted molar refractivity (Wildman–Crippen MR) is 53.3 cm³/mol. The smallest absolute Gasteiger partial charge is 0.158 e. The zero-order valence-corrected chi connectivity index (χ0v) is 8.03. The normalized spacial score (nSPS) is 40.8. The number of hydrogen-bond acceptors (Lipinski definition) is 2. The highest BCUT2D eigenvalue weighted by atomic mass is 16.7. The van der Waals surface area contributed by atoms with Gasteiger partial charge >= 0.3 is 0 Å². The molecule has 1 heterocycles. The van der Waals surface area contributed by atoms with Crippen LogP contribution in [0.25, 0.3) is 0 Å². The van der Waals surface area contributed by atoms with E-state index < -0.39 is 0 Å². The van der Waals surface area contributed by atoms with Gasteiger partial charge in [-0.3, -0.25) is 0 Å². The van der Waals surface area contributed by atoms with Crippen molar-refractivity contribution in [1.82, 2.24) is 0 Å². The Morgan fingerprint density at radius 1 is 1.36 bits per heavy atom. The Bertz CT molecular complexity index is 465. The van der Waals surface area contributed by atoms with Gasteiger partial charge in [-0.2, -0.15) is 0 Å². The summed E-state index contributed by atoms with van der Waals surface area (Å²) in [6, 6.07) is 8.68. The van der Waals surface area contributed by atoms with Crippen molar-refractivity contribution in [3.63, 3.8) is 0 Å². The number of oxime groups is 1. The molecule has 0 bridgehead atoms. The summed E-state index contributed by atoms with van der Waals surface area (Å²) in [5.74, 6) is 1.19. The molecule has 70 valence electrons. The van der Waals surface area contributed by atoms with Gasteiger partial charge in [0.25, 0.3) is 0 Å². The summed E-state index contributed by atoms with van der Waals surface area (Å²) in [5, 5.41) is 4.10. The fourth-order valence-electron chi connectivity index (χ4n) is 3.33. The Hall–Kier alpha value is -1.31. The monoisotopic (exact) mass is 185 g/mol. The molecule has 2 heteroatoms. The van der Waals surface area contributed by atoms with Crippen molar-refractivity contribution in [3.8, 4) is 0 Å². The third kappa shape index (κ3) is 0.551. The zero-order valence-electron chi connectivity index (χ0n) is 8.03. The summed E-state index contributed by atoms with van der Waals surface area (Å²) >= 11 is 0. The second-order valence-corrected chi connectivity index (χ2v) is 4.61. The maximum absolute atomic E-state index is 5.62. The molecular formula is C12H11NO. The van der Waals surface area contributed by atoms with Gasteiger partial charge in [-0.05, 0) is 18.1 Å². The lowest BCUT2D eigenvalue weighted by molar-refractivity contribution is 0.0477. The van der Waals surface area contributed by atoms with Gasteiger partial charge in [0.1, 0.15) is 0 Å². The fraction of sp³-hybridized carbons (Fsp3) is 0.417. The van der Waals surface area contributed by atoms with Gasteiger partial charge < -0.3 is 4.84 Å². The fourth-order valence-corrected chi connectivity index (χ4v) is 3.33. The average Bonchev–Trinajstić information content (AvgIpc) is 2.54. The van der Waals surface area contributed by atoms with Crippen molar-refractivity contribution >= 4 is 5.71 Å². The summed E-state index contributed by atoms with van der Waals surface area (Å²) < 4.78 is 0. The van der Waals surface area contributed by atoms with Gasteiger partial charge in [-0.25, -0.2) is 0 Å². The molecule has 0 N–H and O–H groups in total. The number of rotatable bonds is 0. The lowest BCUT2D eigenvalue weighted by Gasteiger charge is -2.06. The Balaban J connectivity index is 1.87. The van der Waals surface area contributed by atoms with E-state index in [1.165, 1.54) is 16.8 Å². The highest BCUT2D eigenvalue weighted by Crippen LogP contribution is 2.69. The second kappa shape index (κ2) is 1.88. The Kier molecular flexibility index (Phi) is 0.944. The third-order valence-electron chi connectivity index (χ3n) is 3.94. The minimum Gasteiger partial charge on any atom is -0.388 e. The first-order chi connectivity index (χ1) is 6.83. The van der Waals surface area contributed by atoms with Crippen molar-refractivity contribution < 1.29 is 4.84 Å². The van der Waals surface area contributed by atoms with Gasteiger partial charge in [-0.15, -0.1) is 0 Å². The molecule has 0 radical (unpaired) electrons. The molecule has 1 aromatic rings. The van der Waals surface area contributed by atoms with Gasteiger partial charge in [0.15, 0.2) is 5.60 Å². The number of benzene rings is 1. The van der Waals surface area contributed by atoms with Crippen LogP contribution >= 0.6 is 0 Å². The molecule has 4 rings (SSSR count). The van der Waals surface area contributed by atoms with Gasteiger partial charge in [-0.1, -0.05) is 29.4 Å². The van der Waals surface area contributed by atoms with Crippen LogP contribution < -0.4 is 0 Å². The maximum Gasteiger partial charge on any atom is 0.158 e. The van der Waals surface area contributed by atoms with E-state index >= 15 is 0 Å². The molecule has 0 saturated heterocycles. The number of hydrogen-bond donors (Lipinski definition) is 0. The Labute approximate surface area is 82.6 Å². The molecule has 2 nitrogen and oxygen atoms in total. The van der Waals surface area contributed by atoms with Crippen LogP contribution in [0.1, 0.15) is 24.0 Å². The molecule has 1 fully saturated rings. The summed E-state index contributed by atoms with van der Waals surface area (Å²) in [4.78, 5) is 5.62. The van der Waals surface area contributed by atoms with Crippen molar-refractivity contribution in [1.29, 1.82) is 0 Å². The molecule has 14 heavy (non-hydrogen) atoms. The molecule has 3 aliphatic rings. The first-order valence-electron chi connectivity index (χ1n) is 5.13. The van der Waals surface area contributed by atoms with Crippen molar-refractivity contribution in [2.45, 2.75) is 24.9 Å². The first-order valence-corrected chi connectivity index (χ1v) is 5.13. The van der Waals surface area contributed by atoms with E-state index in [1.54, 1.807) is 0 Å². The quantitative estimate of drug-likeness (QED) is 0.606. The molecule has 2 aliphatic carbocycles. The van der Waals surface area contributed by atoms with Crippen molar-refractivity contribution in [2.75, 3.05) is 0 Å². The number of nitrogens with zero attached hydrogens (tertiary/aromatic N) is 1. The van der Waals surface area contributed by atoms with E-state index in [9.17, 15) is 0 Å². The van der Waals surface area contributed by atoms with Crippen LogP contribution in [0.5, 0.6) is 0 Å². The lowest BCUT2D eigenvalue weighted by Crippen LogP contribution is -2.13. The van der Waals surface area contributed by atoms with E-state index in [4.69, 9.17) is 4.84 Å². The highest BCUT2D eigenvalue weighted by molar-refractivity contribution is 5.93. The molecule has 1 spiro atoms. The van der Waals surface area contributed by atoms with Crippen LogP contribution in [0.4, 0.5) is 0 Å². The van der Waals surface area contributed by atoms with Crippen LogP contribution in [-0.4, -0.2) is 11.3 Å². The van der Waals surface area contributed by atoms with Gasteiger partial charge in [0.05, 0.1) is 11.6 Å². The van der Waals surface area contributed by atoms with Crippen LogP contribution in [-0.2, 0) is 11.3 Å². The summed E-state index contributed by atoms with van der Waals surface area (Å²) in [6.07, 6.45) is 1.05. The molecule has 1 aliphatic heterocycles. The summed E-state index contributed by atoms with van der Waals surface area (Å²) in [6.45, 7) is 2.08. The Morgan fingerprint density at radius 3 is 3.14 bits per heavy atom. The summed E-state index contributed by atoms with van der Waals surface area (Å²) in [5.41, 5.74) is 4.18. The lowest BCUT2D eigenvalue weighted by atomic mass is 10.0. The van der Waals surface area contributed by atoms with E-state index in [0.29, 0.717) is 11.8 Å². The van der Waals surface area contributed by atoms with Crippen molar-refractivity contribution in [2.24, 2.45) is 11.1 Å². The van der Waals surface area contributed by atoms with E-state index in [1.807, 2.05) is 0 Å². The van der Waals surface area contributed by atoms with E-state index in [-0.39, 0.29) is 5.60 Å². The van der Waals surface area contributed by atoms with Crippen LogP contribution in [0.15, 0.2) is 29.4 Å². The minimum atomic E-state index is 0.0494. The molecule has 3 atom stereocenters. The molecule has 1 aromatic carbocycles. The molecule has 2 unspecified atom stereocenters. The first kappa shape index (κ1) is 7.04. The van der Waals surface area contributed by atoms with Gasteiger partial charge in [0.2, 0.25) is 0 Å². The zero-order chi connectivity index (χ0) is 9.34. The highest BCUT2D eigenvalue weighted by Gasteiger charge is 2.75. The van der Waals surface area contributed by atoms with Crippen molar-refractivity contribution in [3.05, 3.63) is 35.4 Å². The summed E-state index contributed by atoms with van der Waals surface area (Å²) in [7, 11) is 0. The molecular weight excluding hydrogens is 174 g/mol. The van der Waals surface area contributed by atoms with Crippen LogP contribution in [0.2, 0.25) is 0 Å². The van der Waals surface area contributed by atoms with Crippen LogP contribution in [0.3, 0.4) is 0 Å². The second-order valence-electron chi connectivity index (χ2n) is 4.61. The Morgan fingerprint density at radius 2 is 2.21 bits per heavy atom. The van der Waals surface area contributed by atoms with E-state index in [2.05, 4.69) is 36.3 Å². The average molecular weight is 185 g/mol. The van der Waals surface area contributed by atoms with Crippen LogP contribution in [0, 0.1) is 5.92 Å².